The highest BCUT2D eigenvalue weighted by atomic mass is 32.1. The highest BCUT2D eigenvalue weighted by Crippen LogP contribution is 2.28. The average molecular weight is 291 g/mol. The maximum atomic E-state index is 5.80. The van der Waals surface area contributed by atoms with Gasteiger partial charge in [0.25, 0.3) is 0 Å². The summed E-state index contributed by atoms with van der Waals surface area (Å²) >= 11 is 1.66. The summed E-state index contributed by atoms with van der Waals surface area (Å²) in [6, 6.07) is 8.04. The van der Waals surface area contributed by atoms with Crippen LogP contribution in [0.1, 0.15) is 35.7 Å². The van der Waals surface area contributed by atoms with Crippen LogP contribution in [0.5, 0.6) is 5.75 Å². The van der Waals surface area contributed by atoms with Crippen molar-refractivity contribution in [3.8, 4) is 5.75 Å². The van der Waals surface area contributed by atoms with Crippen molar-refractivity contribution < 1.29 is 4.74 Å². The third kappa shape index (κ3) is 3.79. The topological polar surface area (TPSA) is 60.2 Å². The van der Waals surface area contributed by atoms with Gasteiger partial charge in [0.2, 0.25) is 0 Å². The molecule has 0 radical (unpaired) electrons. The summed E-state index contributed by atoms with van der Waals surface area (Å²) in [5, 5.41) is 3.14. The smallest absolute Gasteiger partial charge is 0.124 e. The molecule has 20 heavy (non-hydrogen) atoms. The van der Waals surface area contributed by atoms with Crippen LogP contribution in [0.3, 0.4) is 0 Å². The Kier molecular flexibility index (Phi) is 5.52. The van der Waals surface area contributed by atoms with E-state index in [1.807, 2.05) is 25.1 Å². The zero-order chi connectivity index (χ0) is 14.4. The lowest BCUT2D eigenvalue weighted by Gasteiger charge is -2.19. The number of nitrogens with zero attached hydrogens (tertiary/aromatic N) is 1. The predicted octanol–water partition coefficient (Wildman–Crippen LogP) is 2.99. The Morgan fingerprint density at radius 1 is 1.40 bits per heavy atom. The number of hydrogen-bond acceptors (Lipinski definition) is 5. The molecule has 0 bridgehead atoms. The van der Waals surface area contributed by atoms with E-state index in [2.05, 4.69) is 28.8 Å². The SMILES string of the molecule is CCCOc1ccccc1C(Cc1nc(C)cs1)NN. The van der Waals surface area contributed by atoms with E-state index in [1.54, 1.807) is 11.3 Å². The molecule has 0 aliphatic rings. The molecule has 4 nitrogen and oxygen atoms in total. The molecule has 2 aromatic rings. The van der Waals surface area contributed by atoms with Gasteiger partial charge in [-0.05, 0) is 19.4 Å². The highest BCUT2D eigenvalue weighted by molar-refractivity contribution is 7.09. The quantitative estimate of drug-likeness (QED) is 0.608. The Morgan fingerprint density at radius 2 is 2.20 bits per heavy atom. The van der Waals surface area contributed by atoms with E-state index in [1.165, 1.54) is 0 Å². The molecule has 0 spiro atoms. The predicted molar refractivity (Wildman–Crippen MR) is 82.8 cm³/mol. The van der Waals surface area contributed by atoms with E-state index in [-0.39, 0.29) is 6.04 Å². The summed E-state index contributed by atoms with van der Waals surface area (Å²) in [6.07, 6.45) is 1.75. The van der Waals surface area contributed by atoms with Crippen molar-refractivity contribution in [2.45, 2.75) is 32.7 Å². The van der Waals surface area contributed by atoms with Gasteiger partial charge < -0.3 is 4.74 Å². The van der Waals surface area contributed by atoms with Gasteiger partial charge >= 0.3 is 0 Å². The van der Waals surface area contributed by atoms with Crippen LogP contribution in [0.4, 0.5) is 0 Å². The maximum Gasteiger partial charge on any atom is 0.124 e. The molecule has 0 fully saturated rings. The third-order valence-corrected chi connectivity index (χ3v) is 3.99. The van der Waals surface area contributed by atoms with Gasteiger partial charge in [-0.3, -0.25) is 11.3 Å². The summed E-state index contributed by atoms with van der Waals surface area (Å²) < 4.78 is 5.80. The van der Waals surface area contributed by atoms with Crippen LogP contribution in [0.2, 0.25) is 0 Å². The molecule has 1 atom stereocenters. The molecule has 0 aliphatic carbocycles. The lowest BCUT2D eigenvalue weighted by molar-refractivity contribution is 0.310. The van der Waals surface area contributed by atoms with Crippen molar-refractivity contribution in [2.75, 3.05) is 6.61 Å². The monoisotopic (exact) mass is 291 g/mol. The number of nitrogens with one attached hydrogen (secondary N) is 1. The molecule has 0 amide bonds. The van der Waals surface area contributed by atoms with Gasteiger partial charge in [-0.2, -0.15) is 0 Å². The molecule has 1 aromatic heterocycles. The summed E-state index contributed by atoms with van der Waals surface area (Å²) in [6.45, 7) is 4.81. The van der Waals surface area contributed by atoms with Crippen molar-refractivity contribution >= 4 is 11.3 Å². The van der Waals surface area contributed by atoms with Crippen LogP contribution in [0, 0.1) is 6.92 Å². The average Bonchev–Trinajstić information content (AvgIpc) is 2.88. The van der Waals surface area contributed by atoms with Crippen molar-refractivity contribution in [1.29, 1.82) is 0 Å². The lowest BCUT2D eigenvalue weighted by atomic mass is 10.0. The number of thiazole rings is 1. The van der Waals surface area contributed by atoms with Crippen molar-refractivity contribution in [3.05, 3.63) is 45.9 Å². The molecule has 0 aliphatic heterocycles. The fraction of sp³-hybridized carbons (Fsp3) is 0.400. The number of hydrazine groups is 1. The minimum Gasteiger partial charge on any atom is -0.493 e. The molecule has 1 unspecified atom stereocenters. The number of rotatable bonds is 7. The van der Waals surface area contributed by atoms with Gasteiger partial charge in [-0.1, -0.05) is 25.1 Å². The number of ether oxygens (including phenoxy) is 1. The van der Waals surface area contributed by atoms with Crippen LogP contribution in [0.25, 0.3) is 0 Å². The van der Waals surface area contributed by atoms with Gasteiger partial charge in [0.1, 0.15) is 5.75 Å². The van der Waals surface area contributed by atoms with Crippen molar-refractivity contribution in [2.24, 2.45) is 5.84 Å². The van der Waals surface area contributed by atoms with E-state index < -0.39 is 0 Å². The van der Waals surface area contributed by atoms with Gasteiger partial charge in [0.15, 0.2) is 0 Å². The van der Waals surface area contributed by atoms with Crippen LogP contribution in [0.15, 0.2) is 29.6 Å². The molecule has 1 aromatic carbocycles. The number of para-hydroxylation sites is 1. The summed E-state index contributed by atoms with van der Waals surface area (Å²) in [4.78, 5) is 4.50. The van der Waals surface area contributed by atoms with Crippen LogP contribution in [-0.2, 0) is 6.42 Å². The number of aryl methyl sites for hydroxylation is 1. The van der Waals surface area contributed by atoms with E-state index in [9.17, 15) is 0 Å². The summed E-state index contributed by atoms with van der Waals surface area (Å²) in [5.41, 5.74) is 5.01. The zero-order valence-corrected chi connectivity index (χ0v) is 12.7. The molecule has 3 N–H and O–H groups in total. The number of benzene rings is 1. The standard InChI is InChI=1S/C15H21N3OS/c1-3-8-19-14-7-5-4-6-12(14)13(18-16)9-15-17-11(2)10-20-15/h4-7,10,13,18H,3,8-9,16H2,1-2H3. The lowest BCUT2D eigenvalue weighted by Crippen LogP contribution is -2.30. The molecule has 2 rings (SSSR count). The Bertz CT molecular complexity index is 541. The van der Waals surface area contributed by atoms with E-state index >= 15 is 0 Å². The number of nitrogens with two attached hydrogens (primary N) is 1. The first-order valence-corrected chi connectivity index (χ1v) is 7.71. The Hall–Kier alpha value is -1.43. The first-order valence-electron chi connectivity index (χ1n) is 6.83. The Labute approximate surface area is 124 Å². The largest absolute Gasteiger partial charge is 0.493 e. The summed E-state index contributed by atoms with van der Waals surface area (Å²) in [5.74, 6) is 6.62. The molecule has 108 valence electrons. The maximum absolute atomic E-state index is 5.80. The molecule has 5 heteroatoms. The van der Waals surface area contributed by atoms with Gasteiger partial charge in [0.05, 0.1) is 17.7 Å². The highest BCUT2D eigenvalue weighted by Gasteiger charge is 2.16. The third-order valence-electron chi connectivity index (χ3n) is 3.00. The second-order valence-electron chi connectivity index (χ2n) is 4.69. The van der Waals surface area contributed by atoms with E-state index in [0.717, 1.165) is 34.9 Å². The molecule has 1 heterocycles. The first-order chi connectivity index (χ1) is 9.74. The Balaban J connectivity index is 2.18. The molecular weight excluding hydrogens is 270 g/mol. The van der Waals surface area contributed by atoms with Gasteiger partial charge in [-0.25, -0.2) is 4.98 Å². The zero-order valence-electron chi connectivity index (χ0n) is 11.9. The summed E-state index contributed by atoms with van der Waals surface area (Å²) in [7, 11) is 0. The second-order valence-corrected chi connectivity index (χ2v) is 5.63. The first kappa shape index (κ1) is 15.0. The molecule has 0 saturated carbocycles. The normalized spacial score (nSPS) is 12.3. The van der Waals surface area contributed by atoms with Crippen molar-refractivity contribution in [1.82, 2.24) is 10.4 Å². The minimum atomic E-state index is 0.00797. The minimum absolute atomic E-state index is 0.00797. The van der Waals surface area contributed by atoms with Crippen LogP contribution >= 0.6 is 11.3 Å². The molecular formula is C15H21N3OS. The van der Waals surface area contributed by atoms with Crippen LogP contribution in [-0.4, -0.2) is 11.6 Å². The Morgan fingerprint density at radius 3 is 2.85 bits per heavy atom. The number of hydrogen-bond donors (Lipinski definition) is 2. The second kappa shape index (κ2) is 7.38. The fourth-order valence-electron chi connectivity index (χ4n) is 2.04. The van der Waals surface area contributed by atoms with Gasteiger partial charge in [0, 0.05) is 23.1 Å². The van der Waals surface area contributed by atoms with E-state index in [4.69, 9.17) is 10.6 Å². The van der Waals surface area contributed by atoms with Gasteiger partial charge in [-0.15, -0.1) is 11.3 Å². The fourth-order valence-corrected chi connectivity index (χ4v) is 2.86. The molecule has 0 saturated heterocycles. The number of aromatic nitrogens is 1. The van der Waals surface area contributed by atoms with E-state index in [0.29, 0.717) is 6.61 Å². The van der Waals surface area contributed by atoms with Crippen LogP contribution < -0.4 is 16.0 Å². The van der Waals surface area contributed by atoms with Crippen molar-refractivity contribution in [3.63, 3.8) is 0 Å².